The molecule has 0 saturated heterocycles. The summed E-state index contributed by atoms with van der Waals surface area (Å²) in [5.74, 6) is 0.0750. The number of ketones is 1. The Hall–Kier alpha value is -1.80. The average Bonchev–Trinajstić information content (AvgIpc) is 2.51. The van der Waals surface area contributed by atoms with Crippen LogP contribution in [0, 0.1) is 6.92 Å². The summed E-state index contributed by atoms with van der Waals surface area (Å²) in [4.78, 5) is 11.3. The highest BCUT2D eigenvalue weighted by Gasteiger charge is 2.01. The summed E-state index contributed by atoms with van der Waals surface area (Å²) in [6.07, 6.45) is 0. The minimum atomic E-state index is 0.0750. The van der Waals surface area contributed by atoms with E-state index in [1.807, 2.05) is 57.2 Å². The second kappa shape index (κ2) is 8.48. The van der Waals surface area contributed by atoms with Crippen LogP contribution >= 0.6 is 11.6 Å². The number of hydrogen-bond donors (Lipinski definition) is 1. The van der Waals surface area contributed by atoms with E-state index in [1.54, 1.807) is 6.92 Å². The molecule has 1 N–H and O–H groups in total. The van der Waals surface area contributed by atoms with Gasteiger partial charge in [-0.15, -0.1) is 0 Å². The lowest BCUT2D eigenvalue weighted by atomic mass is 10.1. The molecule has 21 heavy (non-hydrogen) atoms. The zero-order chi connectivity index (χ0) is 15.8. The zero-order valence-electron chi connectivity index (χ0n) is 13.0. The second-order valence-electron chi connectivity index (χ2n) is 4.57. The van der Waals surface area contributed by atoms with Crippen LogP contribution in [0.15, 0.2) is 42.5 Å². The lowest BCUT2D eigenvalue weighted by molar-refractivity contribution is 0.101. The molecule has 0 fully saturated rings. The van der Waals surface area contributed by atoms with Gasteiger partial charge in [-0.2, -0.15) is 0 Å². The summed E-state index contributed by atoms with van der Waals surface area (Å²) < 4.78 is 0. The van der Waals surface area contributed by atoms with Crippen molar-refractivity contribution in [1.29, 1.82) is 0 Å². The van der Waals surface area contributed by atoms with Crippen molar-refractivity contribution in [1.82, 2.24) is 0 Å². The Morgan fingerprint density at radius 1 is 1.14 bits per heavy atom. The second-order valence-corrected chi connectivity index (χ2v) is 4.98. The smallest absolute Gasteiger partial charge is 0.159 e. The maximum Gasteiger partial charge on any atom is 0.159 e. The number of benzene rings is 2. The van der Waals surface area contributed by atoms with E-state index >= 15 is 0 Å². The van der Waals surface area contributed by atoms with Gasteiger partial charge in [-0.05, 0) is 43.2 Å². The maximum atomic E-state index is 11.3. The van der Waals surface area contributed by atoms with E-state index in [4.69, 9.17) is 11.6 Å². The third kappa shape index (κ3) is 5.24. The Morgan fingerprint density at radius 2 is 1.86 bits per heavy atom. The summed E-state index contributed by atoms with van der Waals surface area (Å²) in [6, 6.07) is 13.5. The highest BCUT2D eigenvalue weighted by Crippen LogP contribution is 2.18. The minimum Gasteiger partial charge on any atom is -0.381 e. The molecule has 0 heterocycles. The van der Waals surface area contributed by atoms with E-state index in [9.17, 15) is 4.79 Å². The summed E-state index contributed by atoms with van der Waals surface area (Å²) >= 11 is 6.00. The largest absolute Gasteiger partial charge is 0.381 e. The molecule has 0 unspecified atom stereocenters. The van der Waals surface area contributed by atoms with Crippen LogP contribution in [0.3, 0.4) is 0 Å². The van der Waals surface area contributed by atoms with Gasteiger partial charge in [0.2, 0.25) is 0 Å². The van der Waals surface area contributed by atoms with Crippen LogP contribution in [-0.4, -0.2) is 5.78 Å². The number of rotatable bonds is 4. The van der Waals surface area contributed by atoms with Crippen LogP contribution in [0.1, 0.15) is 42.3 Å². The van der Waals surface area contributed by atoms with Crippen LogP contribution in [0.25, 0.3) is 0 Å². The highest BCUT2D eigenvalue weighted by molar-refractivity contribution is 6.31. The van der Waals surface area contributed by atoms with Crippen molar-refractivity contribution < 1.29 is 4.79 Å². The molecule has 0 radical (unpaired) electrons. The average molecular weight is 304 g/mol. The lowest BCUT2D eigenvalue weighted by Gasteiger charge is -2.09. The monoisotopic (exact) mass is 303 g/mol. The molecule has 0 spiro atoms. The number of hydrogen-bond acceptors (Lipinski definition) is 2. The number of nitrogens with one attached hydrogen (secondary N) is 1. The normalized spacial score (nSPS) is 9.57. The molecule has 0 aliphatic heterocycles. The molecule has 2 nitrogen and oxygen atoms in total. The van der Waals surface area contributed by atoms with Crippen LogP contribution in [0.4, 0.5) is 5.69 Å². The molecule has 0 aliphatic rings. The summed E-state index contributed by atoms with van der Waals surface area (Å²) in [7, 11) is 0. The van der Waals surface area contributed by atoms with Gasteiger partial charge in [0, 0.05) is 22.8 Å². The SMILES string of the molecule is CC.CC(=O)c1cccc(NCc2ccc(Cl)c(C)c2)c1. The van der Waals surface area contributed by atoms with E-state index < -0.39 is 0 Å². The molecule has 0 atom stereocenters. The van der Waals surface area contributed by atoms with E-state index in [0.717, 1.165) is 27.4 Å². The number of carbonyl (C=O) groups excluding carboxylic acids is 1. The van der Waals surface area contributed by atoms with Crippen LogP contribution in [0.5, 0.6) is 0 Å². The fourth-order valence-corrected chi connectivity index (χ4v) is 1.99. The topological polar surface area (TPSA) is 29.1 Å². The predicted octanol–water partition coefficient (Wildman–Crippen LogP) is 5.49. The number of carbonyl (C=O) groups is 1. The van der Waals surface area contributed by atoms with Crippen LogP contribution in [-0.2, 0) is 6.54 Å². The number of Topliss-reactive ketones (excluding diaryl/α,β-unsaturated/α-hetero) is 1. The first-order valence-electron chi connectivity index (χ1n) is 7.16. The van der Waals surface area contributed by atoms with Gasteiger partial charge >= 0.3 is 0 Å². The molecule has 0 bridgehead atoms. The highest BCUT2D eigenvalue weighted by atomic mass is 35.5. The van der Waals surface area contributed by atoms with Gasteiger partial charge in [-0.25, -0.2) is 0 Å². The van der Waals surface area contributed by atoms with E-state index in [0.29, 0.717) is 6.54 Å². The third-order valence-electron chi connectivity index (χ3n) is 2.99. The summed E-state index contributed by atoms with van der Waals surface area (Å²) in [5.41, 5.74) is 3.89. The molecule has 0 aliphatic carbocycles. The van der Waals surface area contributed by atoms with Gasteiger partial charge in [0.15, 0.2) is 5.78 Å². The first kappa shape index (κ1) is 17.3. The van der Waals surface area contributed by atoms with Crippen molar-refractivity contribution in [3.8, 4) is 0 Å². The van der Waals surface area contributed by atoms with Gasteiger partial charge in [0.05, 0.1) is 0 Å². The van der Waals surface area contributed by atoms with E-state index in [2.05, 4.69) is 11.4 Å². The quantitative estimate of drug-likeness (QED) is 0.757. The van der Waals surface area contributed by atoms with E-state index in [-0.39, 0.29) is 5.78 Å². The maximum absolute atomic E-state index is 11.3. The molecule has 2 aromatic carbocycles. The Kier molecular flexibility index (Phi) is 6.97. The number of halogens is 1. The molecule has 2 aromatic rings. The van der Waals surface area contributed by atoms with Crippen molar-refractivity contribution in [2.45, 2.75) is 34.2 Å². The van der Waals surface area contributed by atoms with Crippen LogP contribution in [0.2, 0.25) is 5.02 Å². The Bertz CT molecular complexity index is 608. The van der Waals surface area contributed by atoms with Gasteiger partial charge in [-0.1, -0.05) is 49.7 Å². The standard InChI is InChI=1S/C16H16ClNO.C2H6/c1-11-8-13(6-7-16(11)17)10-18-15-5-3-4-14(9-15)12(2)19;1-2/h3-9,18H,10H2,1-2H3;1-2H3. The molecule has 3 heteroatoms. The Labute approximate surface area is 132 Å². The molecular formula is C18H22ClNO. The van der Waals surface area contributed by atoms with Gasteiger partial charge in [0.25, 0.3) is 0 Å². The van der Waals surface area contributed by atoms with Crippen molar-refractivity contribution in [2.24, 2.45) is 0 Å². The number of anilines is 1. The molecule has 0 amide bonds. The van der Waals surface area contributed by atoms with Crippen molar-refractivity contribution in [3.05, 3.63) is 64.2 Å². The van der Waals surface area contributed by atoms with Gasteiger partial charge in [-0.3, -0.25) is 4.79 Å². The lowest BCUT2D eigenvalue weighted by Crippen LogP contribution is -2.01. The summed E-state index contributed by atoms with van der Waals surface area (Å²) in [6.45, 7) is 8.27. The third-order valence-corrected chi connectivity index (χ3v) is 3.41. The van der Waals surface area contributed by atoms with Crippen molar-refractivity contribution in [2.75, 3.05) is 5.32 Å². The van der Waals surface area contributed by atoms with Gasteiger partial charge < -0.3 is 5.32 Å². The summed E-state index contributed by atoms with van der Waals surface area (Å²) in [5, 5.41) is 4.09. The fourth-order valence-electron chi connectivity index (χ4n) is 1.87. The number of aryl methyl sites for hydroxylation is 1. The van der Waals surface area contributed by atoms with Gasteiger partial charge in [0.1, 0.15) is 0 Å². The first-order valence-corrected chi connectivity index (χ1v) is 7.54. The molecule has 0 aromatic heterocycles. The Morgan fingerprint density at radius 3 is 2.48 bits per heavy atom. The predicted molar refractivity (Wildman–Crippen MR) is 91.3 cm³/mol. The molecular weight excluding hydrogens is 282 g/mol. The fraction of sp³-hybridized carbons (Fsp3) is 0.278. The molecule has 112 valence electrons. The van der Waals surface area contributed by atoms with Crippen molar-refractivity contribution in [3.63, 3.8) is 0 Å². The molecule has 0 saturated carbocycles. The Balaban J connectivity index is 0.00000106. The zero-order valence-corrected chi connectivity index (χ0v) is 13.8. The van der Waals surface area contributed by atoms with Crippen molar-refractivity contribution >= 4 is 23.1 Å². The minimum absolute atomic E-state index is 0.0750. The van der Waals surface area contributed by atoms with E-state index in [1.165, 1.54) is 0 Å². The molecule has 2 rings (SSSR count). The van der Waals surface area contributed by atoms with Crippen LogP contribution < -0.4 is 5.32 Å². The first-order chi connectivity index (χ1) is 10.1.